The zero-order valence-electron chi connectivity index (χ0n) is 24.5. The van der Waals surface area contributed by atoms with Crippen LogP contribution in [-0.2, 0) is 23.7 Å². The van der Waals surface area contributed by atoms with E-state index in [1.165, 1.54) is 24.0 Å². The van der Waals surface area contributed by atoms with Gasteiger partial charge in [-0.2, -0.15) is 0 Å². The first-order valence-electron chi connectivity index (χ1n) is 14.3. The average molecular weight is 491 g/mol. The molecule has 0 aromatic heterocycles. The van der Waals surface area contributed by atoms with Crippen molar-refractivity contribution in [2.75, 3.05) is 0 Å². The number of aryl methyl sites for hydroxylation is 2. The summed E-state index contributed by atoms with van der Waals surface area (Å²) in [6, 6.07) is 8.90. The Kier molecular flexibility index (Phi) is 6.85. The van der Waals surface area contributed by atoms with Crippen molar-refractivity contribution in [1.29, 1.82) is 0 Å². The second-order valence-corrected chi connectivity index (χ2v) is 14.4. The maximum Gasteiger partial charge on any atom is 0.123 e. The van der Waals surface area contributed by atoms with Gasteiger partial charge in [0.1, 0.15) is 11.5 Å². The Bertz CT molecular complexity index is 1050. The molecule has 2 N–H and O–H groups in total. The highest BCUT2D eigenvalue weighted by Crippen LogP contribution is 2.65. The Morgan fingerprint density at radius 2 is 1.22 bits per heavy atom. The van der Waals surface area contributed by atoms with Crippen molar-refractivity contribution in [3.05, 3.63) is 57.6 Å². The summed E-state index contributed by atoms with van der Waals surface area (Å²) in [6.07, 6.45) is 5.53. The van der Waals surface area contributed by atoms with Gasteiger partial charge in [-0.15, -0.1) is 0 Å². The minimum atomic E-state index is -0.161. The minimum absolute atomic E-state index is 0.0178. The van der Waals surface area contributed by atoms with E-state index in [0.717, 1.165) is 47.4 Å². The molecule has 2 heteroatoms. The van der Waals surface area contributed by atoms with Crippen LogP contribution in [0.5, 0.6) is 11.5 Å². The normalized spacial score (nSPS) is 23.6. The van der Waals surface area contributed by atoms with Crippen LogP contribution in [0.3, 0.4) is 0 Å². The van der Waals surface area contributed by atoms with E-state index in [2.05, 4.69) is 93.5 Å². The molecule has 0 spiro atoms. The molecule has 0 amide bonds. The van der Waals surface area contributed by atoms with Crippen LogP contribution in [0.25, 0.3) is 0 Å². The predicted molar refractivity (Wildman–Crippen MR) is 152 cm³/mol. The molecule has 0 heterocycles. The standard InChI is InChI=1S/C34H50O2/c1-11-20-15-24(30(35)27(17-20)32(3,4)5)29(23-14-13-22-19-26(23)34(22,9)10)25-16-21(12-2)18-28(31(25)36)33(6,7)8/h15-18,22-23,26,29,35-36H,11-14,19H2,1-10H3. The zero-order valence-corrected chi connectivity index (χ0v) is 24.5. The average Bonchev–Trinajstić information content (AvgIpc) is 2.79. The van der Waals surface area contributed by atoms with Gasteiger partial charge < -0.3 is 10.2 Å². The summed E-state index contributed by atoms with van der Waals surface area (Å²) in [4.78, 5) is 0. The SMILES string of the molecule is CCc1cc(C(c2cc(CC)cc(C(C)(C)C)c2O)C2CCC3CC2C3(C)C)c(O)c(C(C)(C)C)c1. The molecule has 3 atom stereocenters. The van der Waals surface area contributed by atoms with Gasteiger partial charge in [-0.3, -0.25) is 0 Å². The van der Waals surface area contributed by atoms with Crippen LogP contribution in [0, 0.1) is 23.2 Å². The Morgan fingerprint density at radius 1 is 0.778 bits per heavy atom. The number of phenolic OH excluding ortho intramolecular Hbond substituents is 2. The van der Waals surface area contributed by atoms with Crippen molar-refractivity contribution in [3.63, 3.8) is 0 Å². The molecule has 2 bridgehead atoms. The van der Waals surface area contributed by atoms with Crippen LogP contribution in [0.4, 0.5) is 0 Å². The van der Waals surface area contributed by atoms with E-state index in [1.807, 2.05) is 0 Å². The number of rotatable bonds is 5. The molecule has 3 aliphatic carbocycles. The molecular formula is C34H50O2. The van der Waals surface area contributed by atoms with Crippen molar-refractivity contribution in [1.82, 2.24) is 0 Å². The van der Waals surface area contributed by atoms with Gasteiger partial charge in [-0.1, -0.05) is 93.5 Å². The third-order valence-electron chi connectivity index (χ3n) is 9.84. The summed E-state index contributed by atoms with van der Waals surface area (Å²) in [5.74, 6) is 2.66. The van der Waals surface area contributed by atoms with Gasteiger partial charge in [0.15, 0.2) is 0 Å². The first-order chi connectivity index (χ1) is 16.6. The second-order valence-electron chi connectivity index (χ2n) is 14.4. The number of fused-ring (bicyclic) bond motifs is 2. The Morgan fingerprint density at radius 3 is 1.56 bits per heavy atom. The number of benzene rings is 2. The highest BCUT2D eigenvalue weighted by atomic mass is 16.3. The molecule has 3 fully saturated rings. The van der Waals surface area contributed by atoms with Gasteiger partial charge in [0.2, 0.25) is 0 Å². The van der Waals surface area contributed by atoms with E-state index < -0.39 is 0 Å². The van der Waals surface area contributed by atoms with Crippen LogP contribution in [0.1, 0.15) is 128 Å². The summed E-state index contributed by atoms with van der Waals surface area (Å²) in [7, 11) is 0. The van der Waals surface area contributed by atoms with Crippen molar-refractivity contribution >= 4 is 0 Å². The molecule has 0 saturated heterocycles. The highest BCUT2D eigenvalue weighted by Gasteiger charge is 2.56. The zero-order chi connectivity index (χ0) is 26.8. The second kappa shape index (κ2) is 9.10. The molecule has 3 saturated carbocycles. The minimum Gasteiger partial charge on any atom is -0.507 e. The first-order valence-corrected chi connectivity index (χ1v) is 14.3. The van der Waals surface area contributed by atoms with Gasteiger partial charge in [-0.25, -0.2) is 0 Å². The van der Waals surface area contributed by atoms with Gasteiger partial charge in [-0.05, 0) is 88.4 Å². The molecular weight excluding hydrogens is 440 g/mol. The maximum absolute atomic E-state index is 11.9. The lowest BCUT2D eigenvalue weighted by Gasteiger charge is -2.61. The Hall–Kier alpha value is -1.96. The summed E-state index contributed by atoms with van der Waals surface area (Å²) in [5, 5.41) is 23.8. The van der Waals surface area contributed by atoms with Crippen molar-refractivity contribution in [2.45, 2.75) is 118 Å². The summed E-state index contributed by atoms with van der Waals surface area (Å²) >= 11 is 0. The topological polar surface area (TPSA) is 40.5 Å². The summed E-state index contributed by atoms with van der Waals surface area (Å²) in [6.45, 7) is 22.4. The summed E-state index contributed by atoms with van der Waals surface area (Å²) < 4.78 is 0. The molecule has 3 unspecified atom stereocenters. The van der Waals surface area contributed by atoms with E-state index in [9.17, 15) is 10.2 Å². The van der Waals surface area contributed by atoms with E-state index in [4.69, 9.17) is 0 Å². The van der Waals surface area contributed by atoms with E-state index >= 15 is 0 Å². The Labute approximate surface area is 220 Å². The fourth-order valence-electron chi connectivity index (χ4n) is 7.36. The number of hydrogen-bond acceptors (Lipinski definition) is 2. The third kappa shape index (κ3) is 4.48. The molecule has 0 aliphatic heterocycles. The third-order valence-corrected chi connectivity index (χ3v) is 9.84. The largest absolute Gasteiger partial charge is 0.507 e. The predicted octanol–water partition coefficient (Wildman–Crippen LogP) is 9.02. The lowest BCUT2D eigenvalue weighted by atomic mass is 9.43. The molecule has 5 rings (SSSR count). The first kappa shape index (κ1) is 27.1. The number of phenols is 2. The van der Waals surface area contributed by atoms with Gasteiger partial charge in [0.25, 0.3) is 0 Å². The van der Waals surface area contributed by atoms with Crippen molar-refractivity contribution in [2.24, 2.45) is 23.2 Å². The molecule has 0 radical (unpaired) electrons. The van der Waals surface area contributed by atoms with Crippen LogP contribution >= 0.6 is 0 Å². The molecule has 2 nitrogen and oxygen atoms in total. The van der Waals surface area contributed by atoms with E-state index in [0.29, 0.717) is 28.7 Å². The molecule has 3 aliphatic rings. The van der Waals surface area contributed by atoms with E-state index in [-0.39, 0.29) is 16.7 Å². The fraction of sp³-hybridized carbons (Fsp3) is 0.647. The fourth-order valence-corrected chi connectivity index (χ4v) is 7.36. The van der Waals surface area contributed by atoms with Gasteiger partial charge >= 0.3 is 0 Å². The van der Waals surface area contributed by atoms with Crippen LogP contribution in [0.2, 0.25) is 0 Å². The Balaban J connectivity index is 2.03. The maximum atomic E-state index is 11.9. The van der Waals surface area contributed by atoms with Crippen molar-refractivity contribution in [3.8, 4) is 11.5 Å². The van der Waals surface area contributed by atoms with Crippen LogP contribution in [-0.4, -0.2) is 10.2 Å². The summed E-state index contributed by atoms with van der Waals surface area (Å²) in [5.41, 5.74) is 6.61. The monoisotopic (exact) mass is 490 g/mol. The lowest BCUT2D eigenvalue weighted by molar-refractivity contribution is -0.109. The molecule has 2 aromatic carbocycles. The number of aromatic hydroxyl groups is 2. The lowest BCUT2D eigenvalue weighted by Crippen LogP contribution is -2.53. The van der Waals surface area contributed by atoms with Crippen molar-refractivity contribution < 1.29 is 10.2 Å². The van der Waals surface area contributed by atoms with Gasteiger partial charge in [0.05, 0.1) is 0 Å². The van der Waals surface area contributed by atoms with Crippen LogP contribution in [0.15, 0.2) is 24.3 Å². The molecule has 36 heavy (non-hydrogen) atoms. The van der Waals surface area contributed by atoms with E-state index in [1.54, 1.807) is 0 Å². The highest BCUT2D eigenvalue weighted by molar-refractivity contribution is 5.57. The molecule has 198 valence electrons. The van der Waals surface area contributed by atoms with Crippen LogP contribution < -0.4 is 0 Å². The smallest absolute Gasteiger partial charge is 0.123 e. The molecule has 2 aromatic rings. The van der Waals surface area contributed by atoms with Gasteiger partial charge in [0, 0.05) is 17.0 Å². The quantitative estimate of drug-likeness (QED) is 0.439. The number of hydrogen-bond donors (Lipinski definition) is 2.